The number of carbonyl (C=O) groups is 1. The minimum atomic E-state index is -0.0649. The zero-order valence-electron chi connectivity index (χ0n) is 15.4. The highest BCUT2D eigenvalue weighted by Crippen LogP contribution is 2.33. The number of hydrogen-bond acceptors (Lipinski definition) is 6. The molecule has 0 saturated carbocycles. The van der Waals surface area contributed by atoms with Crippen molar-refractivity contribution < 1.29 is 14.3 Å². The molecule has 144 valence electrons. The predicted octanol–water partition coefficient (Wildman–Crippen LogP) is 3.39. The summed E-state index contributed by atoms with van der Waals surface area (Å²) in [6.45, 7) is 3.79. The SMILES string of the molecule is O=C(N[C@H]1CCOc2ccccc21)c1ccc2nc(N3CCOCC3)sc2c1. The number of benzene rings is 2. The van der Waals surface area contributed by atoms with E-state index in [0.717, 1.165) is 59.4 Å². The van der Waals surface area contributed by atoms with Crippen molar-refractivity contribution >= 4 is 32.6 Å². The second-order valence-corrected chi connectivity index (χ2v) is 7.99. The van der Waals surface area contributed by atoms with E-state index >= 15 is 0 Å². The quantitative estimate of drug-likeness (QED) is 0.737. The van der Waals surface area contributed by atoms with Crippen LogP contribution in [0.4, 0.5) is 5.13 Å². The van der Waals surface area contributed by atoms with Crippen LogP contribution in [-0.2, 0) is 4.74 Å². The number of nitrogens with one attached hydrogen (secondary N) is 1. The molecule has 2 aromatic carbocycles. The van der Waals surface area contributed by atoms with Crippen LogP contribution in [0.1, 0.15) is 28.4 Å². The van der Waals surface area contributed by atoms with Crippen molar-refractivity contribution in [1.82, 2.24) is 10.3 Å². The Hall–Kier alpha value is -2.64. The van der Waals surface area contributed by atoms with Crippen molar-refractivity contribution in [2.45, 2.75) is 12.5 Å². The van der Waals surface area contributed by atoms with Crippen LogP contribution in [0.2, 0.25) is 0 Å². The number of ether oxygens (including phenoxy) is 2. The van der Waals surface area contributed by atoms with Crippen LogP contribution >= 0.6 is 11.3 Å². The van der Waals surface area contributed by atoms with Gasteiger partial charge in [-0.1, -0.05) is 29.5 Å². The molecule has 0 radical (unpaired) electrons. The number of nitrogens with zero attached hydrogens (tertiary/aromatic N) is 2. The van der Waals surface area contributed by atoms with Gasteiger partial charge < -0.3 is 19.7 Å². The molecule has 28 heavy (non-hydrogen) atoms. The first-order valence-electron chi connectivity index (χ1n) is 9.54. The Morgan fingerprint density at radius 2 is 2.00 bits per heavy atom. The number of aromatic nitrogens is 1. The largest absolute Gasteiger partial charge is 0.493 e. The number of rotatable bonds is 3. The van der Waals surface area contributed by atoms with E-state index < -0.39 is 0 Å². The highest BCUT2D eigenvalue weighted by molar-refractivity contribution is 7.22. The molecule has 3 heterocycles. The zero-order valence-corrected chi connectivity index (χ0v) is 16.2. The Morgan fingerprint density at radius 3 is 2.89 bits per heavy atom. The molecule has 1 atom stereocenters. The Bertz CT molecular complexity index is 1010. The molecule has 1 saturated heterocycles. The third kappa shape index (κ3) is 3.31. The van der Waals surface area contributed by atoms with Crippen molar-refractivity contribution in [3.05, 3.63) is 53.6 Å². The van der Waals surface area contributed by atoms with E-state index in [1.807, 2.05) is 42.5 Å². The fraction of sp³-hybridized carbons (Fsp3) is 0.333. The predicted molar refractivity (Wildman–Crippen MR) is 109 cm³/mol. The average molecular weight is 395 g/mol. The van der Waals surface area contributed by atoms with Gasteiger partial charge in [-0.3, -0.25) is 4.79 Å². The Morgan fingerprint density at radius 1 is 1.14 bits per heavy atom. The second-order valence-electron chi connectivity index (χ2n) is 6.98. The van der Waals surface area contributed by atoms with Gasteiger partial charge in [-0.2, -0.15) is 0 Å². The molecule has 5 rings (SSSR count). The van der Waals surface area contributed by atoms with Crippen LogP contribution in [0, 0.1) is 0 Å². The van der Waals surface area contributed by atoms with Crippen LogP contribution in [-0.4, -0.2) is 43.8 Å². The fourth-order valence-electron chi connectivity index (χ4n) is 3.68. The molecule has 0 aliphatic carbocycles. The second kappa shape index (κ2) is 7.41. The van der Waals surface area contributed by atoms with E-state index in [9.17, 15) is 4.79 Å². The first kappa shape index (κ1) is 17.5. The number of amides is 1. The van der Waals surface area contributed by atoms with Crippen LogP contribution < -0.4 is 15.0 Å². The van der Waals surface area contributed by atoms with Crippen LogP contribution in [0.3, 0.4) is 0 Å². The number of hydrogen-bond donors (Lipinski definition) is 1. The monoisotopic (exact) mass is 395 g/mol. The number of morpholine rings is 1. The maximum Gasteiger partial charge on any atom is 0.251 e. The lowest BCUT2D eigenvalue weighted by atomic mass is 10.00. The average Bonchev–Trinajstić information content (AvgIpc) is 3.18. The zero-order chi connectivity index (χ0) is 18.9. The number of fused-ring (bicyclic) bond motifs is 2. The highest BCUT2D eigenvalue weighted by Gasteiger charge is 2.23. The standard InChI is InChI=1S/C21H21N3O3S/c25-20(22-16-7-10-27-18-4-2-1-3-15(16)18)14-5-6-17-19(13-14)28-21(23-17)24-8-11-26-12-9-24/h1-6,13,16H,7-12H2,(H,22,25)/t16-/m0/s1. The lowest BCUT2D eigenvalue weighted by molar-refractivity contribution is 0.0925. The molecule has 1 aromatic heterocycles. The molecule has 6 nitrogen and oxygen atoms in total. The van der Waals surface area contributed by atoms with Crippen molar-refractivity contribution in [3.63, 3.8) is 0 Å². The summed E-state index contributed by atoms with van der Waals surface area (Å²) >= 11 is 1.63. The summed E-state index contributed by atoms with van der Waals surface area (Å²) in [5.74, 6) is 0.789. The molecule has 7 heteroatoms. The van der Waals surface area contributed by atoms with Crippen LogP contribution in [0.5, 0.6) is 5.75 Å². The van der Waals surface area contributed by atoms with Gasteiger partial charge in [-0.25, -0.2) is 4.98 Å². The molecule has 1 fully saturated rings. The highest BCUT2D eigenvalue weighted by atomic mass is 32.1. The molecule has 0 spiro atoms. The molecular weight excluding hydrogens is 374 g/mol. The summed E-state index contributed by atoms with van der Waals surface area (Å²) in [5, 5.41) is 4.16. The summed E-state index contributed by atoms with van der Waals surface area (Å²) in [4.78, 5) is 19.8. The van der Waals surface area contributed by atoms with Gasteiger partial charge >= 0.3 is 0 Å². The van der Waals surface area contributed by atoms with Gasteiger partial charge in [-0.05, 0) is 24.3 Å². The normalized spacial score (nSPS) is 19.1. The molecule has 3 aromatic rings. The van der Waals surface area contributed by atoms with E-state index in [2.05, 4.69) is 10.2 Å². The van der Waals surface area contributed by atoms with Gasteiger partial charge in [0.15, 0.2) is 5.13 Å². The van der Waals surface area contributed by atoms with Crippen molar-refractivity contribution in [1.29, 1.82) is 0 Å². The molecule has 0 bridgehead atoms. The summed E-state index contributed by atoms with van der Waals surface area (Å²) in [6, 6.07) is 13.6. The number of thiazole rings is 1. The van der Waals surface area contributed by atoms with Crippen molar-refractivity contribution in [2.24, 2.45) is 0 Å². The minimum Gasteiger partial charge on any atom is -0.493 e. The van der Waals surface area contributed by atoms with Gasteiger partial charge in [0.1, 0.15) is 5.75 Å². The van der Waals surface area contributed by atoms with Gasteiger partial charge in [0.25, 0.3) is 5.91 Å². The smallest absolute Gasteiger partial charge is 0.251 e. The number of para-hydroxylation sites is 1. The molecule has 2 aliphatic rings. The van der Waals surface area contributed by atoms with Crippen molar-refractivity contribution in [3.8, 4) is 5.75 Å². The summed E-state index contributed by atoms with van der Waals surface area (Å²) < 4.78 is 12.1. The minimum absolute atomic E-state index is 0.0291. The van der Waals surface area contributed by atoms with E-state index in [1.54, 1.807) is 11.3 Å². The lowest BCUT2D eigenvalue weighted by Crippen LogP contribution is -2.36. The Balaban J connectivity index is 1.36. The summed E-state index contributed by atoms with van der Waals surface area (Å²) in [7, 11) is 0. The lowest BCUT2D eigenvalue weighted by Gasteiger charge is -2.26. The number of anilines is 1. The Labute approximate surface area is 167 Å². The molecule has 1 amide bonds. The molecule has 1 N–H and O–H groups in total. The first-order valence-corrected chi connectivity index (χ1v) is 10.4. The molecular formula is C21H21N3O3S. The summed E-state index contributed by atoms with van der Waals surface area (Å²) in [5.41, 5.74) is 2.63. The molecule has 2 aliphatic heterocycles. The Kier molecular flexibility index (Phi) is 4.62. The fourth-order valence-corrected chi connectivity index (χ4v) is 4.73. The first-order chi connectivity index (χ1) is 13.8. The van der Waals surface area contributed by atoms with E-state index in [0.29, 0.717) is 12.2 Å². The van der Waals surface area contributed by atoms with Crippen LogP contribution in [0.25, 0.3) is 10.2 Å². The van der Waals surface area contributed by atoms with E-state index in [-0.39, 0.29) is 11.9 Å². The van der Waals surface area contributed by atoms with E-state index in [4.69, 9.17) is 14.5 Å². The third-order valence-corrected chi connectivity index (χ3v) is 6.26. The molecule has 0 unspecified atom stereocenters. The van der Waals surface area contributed by atoms with Gasteiger partial charge in [0.2, 0.25) is 0 Å². The van der Waals surface area contributed by atoms with E-state index in [1.165, 1.54) is 0 Å². The topological polar surface area (TPSA) is 63.7 Å². The van der Waals surface area contributed by atoms with Crippen LogP contribution in [0.15, 0.2) is 42.5 Å². The maximum absolute atomic E-state index is 12.9. The van der Waals surface area contributed by atoms with Crippen molar-refractivity contribution in [2.75, 3.05) is 37.8 Å². The summed E-state index contributed by atoms with van der Waals surface area (Å²) in [6.07, 6.45) is 0.771. The van der Waals surface area contributed by atoms with Gasteiger partial charge in [0.05, 0.1) is 36.1 Å². The van der Waals surface area contributed by atoms with Gasteiger partial charge in [-0.15, -0.1) is 0 Å². The number of carbonyl (C=O) groups excluding carboxylic acids is 1. The van der Waals surface area contributed by atoms with Gasteiger partial charge in [0, 0.05) is 30.6 Å². The maximum atomic E-state index is 12.9. The third-order valence-electron chi connectivity index (χ3n) is 5.18.